The molecule has 0 saturated heterocycles. The van der Waals surface area contributed by atoms with Gasteiger partial charge in [0.1, 0.15) is 10.7 Å². The SMILES string of the molecule is C#CCn1c(CC)nc2sc(C)c(C)c2c1=O. The summed E-state index contributed by atoms with van der Waals surface area (Å²) in [6.07, 6.45) is 6.02. The minimum absolute atomic E-state index is 0.00773. The van der Waals surface area contributed by atoms with Gasteiger partial charge in [-0.05, 0) is 19.4 Å². The van der Waals surface area contributed by atoms with E-state index in [1.54, 1.807) is 15.9 Å². The number of hydrogen-bond acceptors (Lipinski definition) is 3. The van der Waals surface area contributed by atoms with Gasteiger partial charge < -0.3 is 0 Å². The third-order valence-electron chi connectivity index (χ3n) is 2.93. The Morgan fingerprint density at radius 1 is 1.47 bits per heavy atom. The number of fused-ring (bicyclic) bond motifs is 1. The molecule has 4 heteroatoms. The first-order valence-corrected chi connectivity index (χ1v) is 6.34. The van der Waals surface area contributed by atoms with Crippen molar-refractivity contribution in [2.24, 2.45) is 0 Å². The second-order valence-corrected chi connectivity index (χ2v) is 5.14. The third kappa shape index (κ3) is 1.77. The fourth-order valence-electron chi connectivity index (χ4n) is 1.89. The zero-order chi connectivity index (χ0) is 12.6. The summed E-state index contributed by atoms with van der Waals surface area (Å²) in [5.74, 6) is 3.28. The molecule has 0 amide bonds. The molecular formula is C13H14N2OS. The molecule has 0 unspecified atom stereocenters. The fourth-order valence-corrected chi connectivity index (χ4v) is 2.93. The number of rotatable bonds is 2. The summed E-state index contributed by atoms with van der Waals surface area (Å²) >= 11 is 1.57. The van der Waals surface area contributed by atoms with E-state index < -0.39 is 0 Å². The van der Waals surface area contributed by atoms with E-state index in [2.05, 4.69) is 10.9 Å². The Morgan fingerprint density at radius 3 is 2.76 bits per heavy atom. The van der Waals surface area contributed by atoms with E-state index >= 15 is 0 Å². The lowest BCUT2D eigenvalue weighted by Gasteiger charge is -2.07. The molecule has 3 nitrogen and oxygen atoms in total. The lowest BCUT2D eigenvalue weighted by molar-refractivity contribution is 0.711. The summed E-state index contributed by atoms with van der Waals surface area (Å²) in [5.41, 5.74) is 1.02. The van der Waals surface area contributed by atoms with Crippen LogP contribution in [0.4, 0.5) is 0 Å². The van der Waals surface area contributed by atoms with Crippen molar-refractivity contribution in [2.45, 2.75) is 33.7 Å². The van der Waals surface area contributed by atoms with Crippen molar-refractivity contribution >= 4 is 21.6 Å². The Labute approximate surface area is 104 Å². The molecule has 0 aliphatic rings. The first kappa shape index (κ1) is 11.9. The lowest BCUT2D eigenvalue weighted by Crippen LogP contribution is -2.24. The van der Waals surface area contributed by atoms with Gasteiger partial charge in [0.2, 0.25) is 0 Å². The number of terminal acetylenes is 1. The van der Waals surface area contributed by atoms with Crippen LogP contribution in [0.15, 0.2) is 4.79 Å². The first-order chi connectivity index (χ1) is 8.10. The number of aryl methyl sites for hydroxylation is 3. The number of aromatic nitrogens is 2. The minimum atomic E-state index is -0.00773. The van der Waals surface area contributed by atoms with E-state index in [0.29, 0.717) is 13.0 Å². The average Bonchev–Trinajstić information content (AvgIpc) is 2.59. The molecule has 0 aliphatic carbocycles. The molecule has 0 radical (unpaired) electrons. The standard InChI is InChI=1S/C13H14N2OS/c1-5-7-15-10(6-2)14-12-11(13(15)16)8(3)9(4)17-12/h1H,6-7H2,2-4H3. The van der Waals surface area contributed by atoms with Crippen LogP contribution in [0.1, 0.15) is 23.2 Å². The molecule has 0 saturated carbocycles. The maximum absolute atomic E-state index is 12.4. The van der Waals surface area contributed by atoms with E-state index in [9.17, 15) is 4.79 Å². The zero-order valence-corrected chi connectivity index (χ0v) is 11.0. The lowest BCUT2D eigenvalue weighted by atomic mass is 10.2. The maximum atomic E-state index is 12.4. The smallest absolute Gasteiger partial charge is 0.263 e. The number of nitrogens with zero attached hydrogens (tertiary/aromatic N) is 2. The molecule has 2 rings (SSSR count). The van der Waals surface area contributed by atoms with Gasteiger partial charge in [0.15, 0.2) is 0 Å². The quantitative estimate of drug-likeness (QED) is 0.762. The summed E-state index contributed by atoms with van der Waals surface area (Å²) in [5, 5.41) is 0.722. The van der Waals surface area contributed by atoms with Gasteiger partial charge in [-0.15, -0.1) is 17.8 Å². The van der Waals surface area contributed by atoms with Gasteiger partial charge in [-0.25, -0.2) is 4.98 Å². The van der Waals surface area contributed by atoms with Gasteiger partial charge in [-0.2, -0.15) is 0 Å². The van der Waals surface area contributed by atoms with Gasteiger partial charge >= 0.3 is 0 Å². The second kappa shape index (κ2) is 4.34. The molecular weight excluding hydrogens is 232 g/mol. The highest BCUT2D eigenvalue weighted by atomic mass is 32.1. The molecule has 0 N–H and O–H groups in total. The van der Waals surface area contributed by atoms with E-state index in [1.165, 1.54) is 0 Å². The number of thiophene rings is 1. The predicted octanol–water partition coefficient (Wildman–Crippen LogP) is 2.27. The molecule has 17 heavy (non-hydrogen) atoms. The molecule has 0 atom stereocenters. The van der Waals surface area contributed by atoms with Gasteiger partial charge in [0, 0.05) is 11.3 Å². The topological polar surface area (TPSA) is 34.9 Å². The highest BCUT2D eigenvalue weighted by Crippen LogP contribution is 2.26. The molecule has 0 fully saturated rings. The maximum Gasteiger partial charge on any atom is 0.263 e. The molecule has 88 valence electrons. The molecule has 0 spiro atoms. The summed E-state index contributed by atoms with van der Waals surface area (Å²) in [4.78, 5) is 18.9. The van der Waals surface area contributed by atoms with Gasteiger partial charge in [-0.3, -0.25) is 9.36 Å². The summed E-state index contributed by atoms with van der Waals surface area (Å²) < 4.78 is 1.60. The highest BCUT2D eigenvalue weighted by Gasteiger charge is 2.14. The first-order valence-electron chi connectivity index (χ1n) is 5.53. The van der Waals surface area contributed by atoms with Crippen LogP contribution in [0.25, 0.3) is 10.2 Å². The molecule has 2 aromatic heterocycles. The second-order valence-electron chi connectivity index (χ2n) is 3.94. The molecule has 0 aromatic carbocycles. The van der Waals surface area contributed by atoms with E-state index in [1.807, 2.05) is 20.8 Å². The Morgan fingerprint density at radius 2 is 2.18 bits per heavy atom. The number of hydrogen-bond donors (Lipinski definition) is 0. The van der Waals surface area contributed by atoms with Gasteiger partial charge in [0.05, 0.1) is 11.9 Å². The Bertz CT molecular complexity index is 673. The van der Waals surface area contributed by atoms with Crippen molar-refractivity contribution in [1.82, 2.24) is 9.55 Å². The Kier molecular flexibility index (Phi) is 3.03. The van der Waals surface area contributed by atoms with Gasteiger partial charge in [0.25, 0.3) is 5.56 Å². The fraction of sp³-hybridized carbons (Fsp3) is 0.385. The van der Waals surface area contributed by atoms with Crippen LogP contribution in [0, 0.1) is 26.2 Å². The van der Waals surface area contributed by atoms with Crippen LogP contribution >= 0.6 is 11.3 Å². The predicted molar refractivity (Wildman–Crippen MR) is 71.6 cm³/mol. The van der Waals surface area contributed by atoms with E-state index in [0.717, 1.165) is 26.5 Å². The monoisotopic (exact) mass is 246 g/mol. The average molecular weight is 246 g/mol. The van der Waals surface area contributed by atoms with Crippen LogP contribution in [-0.2, 0) is 13.0 Å². The summed E-state index contributed by atoms with van der Waals surface area (Å²) in [6, 6.07) is 0. The van der Waals surface area contributed by atoms with Crippen LogP contribution < -0.4 is 5.56 Å². The molecule has 2 aromatic rings. The van der Waals surface area contributed by atoms with Crippen molar-refractivity contribution in [2.75, 3.05) is 0 Å². The van der Waals surface area contributed by atoms with Crippen molar-refractivity contribution in [3.8, 4) is 12.3 Å². The molecule has 2 heterocycles. The van der Waals surface area contributed by atoms with Crippen LogP contribution in [0.3, 0.4) is 0 Å². The zero-order valence-electron chi connectivity index (χ0n) is 10.2. The highest BCUT2D eigenvalue weighted by molar-refractivity contribution is 7.18. The normalized spacial score (nSPS) is 10.7. The van der Waals surface area contributed by atoms with E-state index in [-0.39, 0.29) is 5.56 Å². The minimum Gasteiger partial charge on any atom is -0.284 e. The third-order valence-corrected chi connectivity index (χ3v) is 4.03. The molecule has 0 bridgehead atoms. The van der Waals surface area contributed by atoms with Crippen LogP contribution in [0.5, 0.6) is 0 Å². The molecule has 0 aliphatic heterocycles. The van der Waals surface area contributed by atoms with E-state index in [4.69, 9.17) is 6.42 Å². The van der Waals surface area contributed by atoms with Crippen molar-refractivity contribution in [3.63, 3.8) is 0 Å². The van der Waals surface area contributed by atoms with Crippen molar-refractivity contribution in [1.29, 1.82) is 0 Å². The van der Waals surface area contributed by atoms with Crippen LogP contribution in [0.2, 0.25) is 0 Å². The van der Waals surface area contributed by atoms with Crippen molar-refractivity contribution in [3.05, 3.63) is 26.6 Å². The summed E-state index contributed by atoms with van der Waals surface area (Å²) in [6.45, 7) is 6.24. The largest absolute Gasteiger partial charge is 0.284 e. The van der Waals surface area contributed by atoms with Crippen LogP contribution in [-0.4, -0.2) is 9.55 Å². The Hall–Kier alpha value is -1.60. The Balaban J connectivity index is 2.90. The van der Waals surface area contributed by atoms with Crippen molar-refractivity contribution < 1.29 is 0 Å². The van der Waals surface area contributed by atoms with Gasteiger partial charge in [-0.1, -0.05) is 12.8 Å². The summed E-state index contributed by atoms with van der Waals surface area (Å²) in [7, 11) is 0.